The first-order valence-electron chi connectivity index (χ1n) is 6.02. The van der Waals surface area contributed by atoms with Gasteiger partial charge in [-0.1, -0.05) is 13.0 Å². The molecule has 108 valence electrons. The highest BCUT2D eigenvalue weighted by Crippen LogP contribution is 2.28. The van der Waals surface area contributed by atoms with E-state index in [-0.39, 0.29) is 6.04 Å². The molecule has 1 aromatic rings. The van der Waals surface area contributed by atoms with Crippen molar-refractivity contribution in [3.63, 3.8) is 0 Å². The van der Waals surface area contributed by atoms with E-state index in [1.54, 1.807) is 6.07 Å². The molecule has 0 amide bonds. The van der Waals surface area contributed by atoms with E-state index in [9.17, 15) is 17.6 Å². The van der Waals surface area contributed by atoms with Crippen LogP contribution in [0.25, 0.3) is 0 Å². The lowest BCUT2D eigenvalue weighted by molar-refractivity contribution is -0.189. The molecule has 0 aliphatic carbocycles. The number of ether oxygens (including phenoxy) is 1. The number of rotatable bonds is 5. The zero-order chi connectivity index (χ0) is 14.6. The van der Waals surface area contributed by atoms with Gasteiger partial charge in [-0.2, -0.15) is 13.2 Å². The maximum atomic E-state index is 13.7. The van der Waals surface area contributed by atoms with Crippen LogP contribution in [0.1, 0.15) is 32.4 Å². The highest BCUT2D eigenvalue weighted by molar-refractivity contribution is 5.31. The summed E-state index contributed by atoms with van der Waals surface area (Å²) >= 11 is 0. The lowest BCUT2D eigenvalue weighted by atomic mass is 10.1. The van der Waals surface area contributed by atoms with Gasteiger partial charge in [-0.05, 0) is 38.1 Å². The smallest absolute Gasteiger partial charge is 0.425 e. The van der Waals surface area contributed by atoms with Crippen molar-refractivity contribution in [3.8, 4) is 5.75 Å². The number of hydrogen-bond donors (Lipinski definition) is 1. The minimum absolute atomic E-state index is 0.0754. The van der Waals surface area contributed by atoms with Gasteiger partial charge in [0.2, 0.25) is 0 Å². The van der Waals surface area contributed by atoms with Crippen LogP contribution >= 0.6 is 0 Å². The van der Waals surface area contributed by atoms with Gasteiger partial charge in [-0.3, -0.25) is 0 Å². The fraction of sp³-hybridized carbons (Fsp3) is 0.538. The normalized spacial score (nSPS) is 15.1. The van der Waals surface area contributed by atoms with Crippen molar-refractivity contribution in [2.75, 3.05) is 6.54 Å². The van der Waals surface area contributed by atoms with Crippen LogP contribution in [-0.4, -0.2) is 18.8 Å². The summed E-state index contributed by atoms with van der Waals surface area (Å²) in [5, 5.41) is 3.09. The fourth-order valence-corrected chi connectivity index (χ4v) is 1.56. The summed E-state index contributed by atoms with van der Waals surface area (Å²) in [6, 6.07) is 3.88. The Morgan fingerprint density at radius 1 is 1.26 bits per heavy atom. The van der Waals surface area contributed by atoms with Gasteiger partial charge in [0, 0.05) is 6.04 Å². The Bertz CT molecular complexity index is 420. The molecule has 1 N–H and O–H groups in total. The molecule has 0 saturated heterocycles. The summed E-state index contributed by atoms with van der Waals surface area (Å²) in [5.74, 6) is -1.18. The van der Waals surface area contributed by atoms with Crippen LogP contribution in [0.4, 0.5) is 17.6 Å². The van der Waals surface area contributed by atoms with Crippen LogP contribution in [0, 0.1) is 5.82 Å². The molecule has 1 rings (SSSR count). The van der Waals surface area contributed by atoms with Gasteiger partial charge in [-0.25, -0.2) is 4.39 Å². The van der Waals surface area contributed by atoms with E-state index in [4.69, 9.17) is 0 Å². The Kier molecular flexibility index (Phi) is 5.17. The Balaban J connectivity index is 2.83. The van der Waals surface area contributed by atoms with Crippen molar-refractivity contribution in [2.24, 2.45) is 0 Å². The standard InChI is InChI=1S/C13H17F4NO/c1-4-18-8(2)10-5-6-12(11(14)7-10)19-9(3)13(15,16)17/h5-9,18H,4H2,1-3H3. The van der Waals surface area contributed by atoms with Crippen LogP contribution in [0.15, 0.2) is 18.2 Å². The molecule has 0 bridgehead atoms. The van der Waals surface area contributed by atoms with Crippen LogP contribution < -0.4 is 10.1 Å². The van der Waals surface area contributed by atoms with Crippen LogP contribution in [0.5, 0.6) is 5.75 Å². The van der Waals surface area contributed by atoms with Crippen molar-refractivity contribution in [2.45, 2.75) is 39.1 Å². The third-order valence-electron chi connectivity index (χ3n) is 2.73. The maximum Gasteiger partial charge on any atom is 0.425 e. The van der Waals surface area contributed by atoms with Gasteiger partial charge in [0.1, 0.15) is 0 Å². The summed E-state index contributed by atoms with van der Waals surface area (Å²) in [6.07, 6.45) is -6.55. The second-order valence-corrected chi connectivity index (χ2v) is 4.27. The molecular formula is C13H17F4NO. The van der Waals surface area contributed by atoms with Gasteiger partial charge in [0.25, 0.3) is 0 Å². The molecule has 0 heterocycles. The first-order chi connectivity index (χ1) is 8.75. The molecule has 0 saturated carbocycles. The quantitative estimate of drug-likeness (QED) is 0.827. The highest BCUT2D eigenvalue weighted by atomic mass is 19.4. The third-order valence-corrected chi connectivity index (χ3v) is 2.73. The molecule has 0 spiro atoms. The minimum atomic E-state index is -4.51. The molecule has 19 heavy (non-hydrogen) atoms. The van der Waals surface area contributed by atoms with E-state index in [1.165, 1.54) is 12.1 Å². The Hall–Kier alpha value is -1.30. The zero-order valence-corrected chi connectivity index (χ0v) is 11.0. The molecular weight excluding hydrogens is 262 g/mol. The van der Waals surface area contributed by atoms with Crippen molar-refractivity contribution >= 4 is 0 Å². The largest absolute Gasteiger partial charge is 0.478 e. The number of nitrogens with one attached hydrogen (secondary N) is 1. The van der Waals surface area contributed by atoms with Crippen LogP contribution in [-0.2, 0) is 0 Å². The van der Waals surface area contributed by atoms with Gasteiger partial charge in [-0.15, -0.1) is 0 Å². The summed E-state index contributed by atoms with van der Waals surface area (Å²) in [7, 11) is 0. The maximum absolute atomic E-state index is 13.7. The molecule has 0 aliphatic heterocycles. The first kappa shape index (κ1) is 15.8. The predicted molar refractivity (Wildman–Crippen MR) is 64.6 cm³/mol. The fourth-order valence-electron chi connectivity index (χ4n) is 1.56. The average Bonchev–Trinajstić information content (AvgIpc) is 2.30. The number of halogens is 4. The SMILES string of the molecule is CCNC(C)c1ccc(OC(C)C(F)(F)F)c(F)c1. The van der Waals surface area contributed by atoms with Gasteiger partial charge >= 0.3 is 6.18 Å². The predicted octanol–water partition coefficient (Wildman–Crippen LogP) is 3.83. The molecule has 1 aromatic carbocycles. The monoisotopic (exact) mass is 279 g/mol. The lowest BCUT2D eigenvalue weighted by Gasteiger charge is -2.19. The molecule has 6 heteroatoms. The molecule has 0 aromatic heterocycles. The Morgan fingerprint density at radius 2 is 1.89 bits per heavy atom. The summed E-state index contributed by atoms with van der Waals surface area (Å²) in [6.45, 7) is 5.31. The number of alkyl halides is 3. The van der Waals surface area contributed by atoms with Gasteiger partial charge in [0.15, 0.2) is 17.7 Å². The molecule has 2 nitrogen and oxygen atoms in total. The lowest BCUT2D eigenvalue weighted by Crippen LogP contribution is -2.31. The summed E-state index contributed by atoms with van der Waals surface area (Å²) in [4.78, 5) is 0. The van der Waals surface area contributed by atoms with Crippen LogP contribution in [0.3, 0.4) is 0 Å². The van der Waals surface area contributed by atoms with E-state index in [1.807, 2.05) is 13.8 Å². The van der Waals surface area contributed by atoms with Crippen molar-refractivity contribution in [1.82, 2.24) is 5.32 Å². The number of hydrogen-bond acceptors (Lipinski definition) is 2. The van der Waals surface area contributed by atoms with Gasteiger partial charge in [0.05, 0.1) is 0 Å². The average molecular weight is 279 g/mol. The molecule has 2 atom stereocenters. The second kappa shape index (κ2) is 6.23. The molecule has 2 unspecified atom stereocenters. The highest BCUT2D eigenvalue weighted by Gasteiger charge is 2.38. The minimum Gasteiger partial charge on any atom is -0.478 e. The molecule has 0 radical (unpaired) electrons. The Labute approximate surface area is 109 Å². The summed E-state index contributed by atoms with van der Waals surface area (Å²) in [5.41, 5.74) is 0.659. The van der Waals surface area contributed by atoms with Gasteiger partial charge < -0.3 is 10.1 Å². The second-order valence-electron chi connectivity index (χ2n) is 4.27. The number of benzene rings is 1. The van der Waals surface area contributed by atoms with E-state index >= 15 is 0 Å². The van der Waals surface area contributed by atoms with Crippen LogP contribution in [0.2, 0.25) is 0 Å². The van der Waals surface area contributed by atoms with E-state index in [0.29, 0.717) is 12.1 Å². The summed E-state index contributed by atoms with van der Waals surface area (Å²) < 4.78 is 55.2. The Morgan fingerprint density at radius 3 is 2.37 bits per heavy atom. The molecule has 0 fully saturated rings. The van der Waals surface area contributed by atoms with E-state index < -0.39 is 23.8 Å². The first-order valence-corrected chi connectivity index (χ1v) is 6.02. The third kappa shape index (κ3) is 4.38. The van der Waals surface area contributed by atoms with Crippen molar-refractivity contribution < 1.29 is 22.3 Å². The van der Waals surface area contributed by atoms with E-state index in [2.05, 4.69) is 10.1 Å². The van der Waals surface area contributed by atoms with E-state index in [0.717, 1.165) is 6.92 Å². The van der Waals surface area contributed by atoms with Crippen molar-refractivity contribution in [1.29, 1.82) is 0 Å². The topological polar surface area (TPSA) is 21.3 Å². The van der Waals surface area contributed by atoms with Crippen molar-refractivity contribution in [3.05, 3.63) is 29.6 Å². The molecule has 0 aliphatic rings. The zero-order valence-electron chi connectivity index (χ0n) is 11.0.